The molecule has 34 heavy (non-hydrogen) atoms. The number of rotatable bonds is 6. The monoisotopic (exact) mass is 476 g/mol. The molecule has 9 heteroatoms. The number of para-hydroxylation sites is 1. The van der Waals surface area contributed by atoms with Gasteiger partial charge in [0, 0.05) is 18.3 Å². The molecule has 0 fully saturated rings. The Hall–Kier alpha value is -4.11. The molecule has 3 aromatic carbocycles. The predicted octanol–water partition coefficient (Wildman–Crippen LogP) is 4.48. The Bertz CT molecular complexity index is 1450. The van der Waals surface area contributed by atoms with Crippen LogP contribution in [-0.2, 0) is 10.0 Å². The number of phenolic OH excluding ortho intramolecular Hbond substituents is 1. The van der Waals surface area contributed by atoms with Crippen LogP contribution in [0.25, 0.3) is 11.3 Å². The lowest BCUT2D eigenvalue weighted by Gasteiger charge is -2.19. The van der Waals surface area contributed by atoms with E-state index in [2.05, 4.69) is 15.5 Å². The van der Waals surface area contributed by atoms with Crippen LogP contribution in [0.1, 0.15) is 21.6 Å². The number of aryl methyl sites for hydroxylation is 2. The van der Waals surface area contributed by atoms with E-state index in [9.17, 15) is 18.3 Å². The van der Waals surface area contributed by atoms with Crippen molar-refractivity contribution in [3.8, 4) is 17.0 Å². The minimum atomic E-state index is -3.75. The Kier molecular flexibility index (Phi) is 6.12. The third-order valence-corrected chi connectivity index (χ3v) is 7.40. The molecule has 1 amide bonds. The molecule has 0 aliphatic heterocycles. The molecule has 0 spiro atoms. The molecular weight excluding hydrogens is 452 g/mol. The zero-order valence-electron chi connectivity index (χ0n) is 18.9. The minimum Gasteiger partial charge on any atom is -0.507 e. The molecular formula is C25H24N4O4S. The lowest BCUT2D eigenvalue weighted by atomic mass is 10.0. The first-order chi connectivity index (χ1) is 16.2. The Balaban J connectivity index is 1.49. The largest absolute Gasteiger partial charge is 0.507 e. The molecule has 174 valence electrons. The summed E-state index contributed by atoms with van der Waals surface area (Å²) in [7, 11) is -2.26. The highest BCUT2D eigenvalue weighted by Crippen LogP contribution is 2.31. The van der Waals surface area contributed by atoms with Gasteiger partial charge in [-0.15, -0.1) is 0 Å². The number of hydrogen-bond acceptors (Lipinski definition) is 5. The first-order valence-corrected chi connectivity index (χ1v) is 11.9. The van der Waals surface area contributed by atoms with Crippen LogP contribution in [0, 0.1) is 13.8 Å². The van der Waals surface area contributed by atoms with Gasteiger partial charge in [0.1, 0.15) is 11.4 Å². The second-order valence-electron chi connectivity index (χ2n) is 7.91. The number of anilines is 2. The molecule has 0 atom stereocenters. The molecule has 4 aromatic rings. The summed E-state index contributed by atoms with van der Waals surface area (Å²) in [6.45, 7) is 3.83. The number of aromatic nitrogens is 2. The van der Waals surface area contributed by atoms with Crippen LogP contribution in [0.4, 0.5) is 11.4 Å². The number of aromatic amines is 1. The fraction of sp³-hybridized carbons (Fsp3) is 0.120. The number of benzene rings is 3. The number of carbonyl (C=O) groups is 1. The second kappa shape index (κ2) is 9.03. The number of nitrogens with zero attached hydrogens (tertiary/aromatic N) is 2. The van der Waals surface area contributed by atoms with Crippen LogP contribution in [0.2, 0.25) is 0 Å². The van der Waals surface area contributed by atoms with E-state index >= 15 is 0 Å². The van der Waals surface area contributed by atoms with E-state index in [1.807, 2.05) is 26.0 Å². The summed E-state index contributed by atoms with van der Waals surface area (Å²) in [4.78, 5) is 12.8. The Morgan fingerprint density at radius 3 is 2.29 bits per heavy atom. The van der Waals surface area contributed by atoms with Crippen molar-refractivity contribution in [2.24, 2.45) is 0 Å². The Labute approximate surface area is 197 Å². The standard InChI is InChI=1S/C25H24N4O4S/c1-16-13-21(24(30)14-17(16)2)22-15-23(28-27-22)25(31)26-18-9-11-20(12-10-18)34(32,33)29(3)19-7-5-4-6-8-19/h4-15,30H,1-3H3,(H,26,31)(H,27,28). The van der Waals surface area contributed by atoms with Crippen molar-refractivity contribution in [3.05, 3.63) is 89.6 Å². The second-order valence-corrected chi connectivity index (χ2v) is 9.88. The third-order valence-electron chi connectivity index (χ3n) is 5.60. The SMILES string of the molecule is Cc1cc(O)c(-c2cc(C(=O)Nc3ccc(S(=O)(=O)N(C)c4ccccc4)cc3)[nH]n2)cc1C. The quantitative estimate of drug-likeness (QED) is 0.380. The van der Waals surface area contributed by atoms with E-state index in [1.54, 1.807) is 36.4 Å². The molecule has 0 unspecified atom stereocenters. The molecule has 0 aliphatic rings. The molecule has 0 aliphatic carbocycles. The van der Waals surface area contributed by atoms with Crippen molar-refractivity contribution < 1.29 is 18.3 Å². The number of carbonyl (C=O) groups excluding carboxylic acids is 1. The number of hydrogen-bond donors (Lipinski definition) is 3. The molecule has 0 saturated heterocycles. The lowest BCUT2D eigenvalue weighted by molar-refractivity contribution is 0.102. The summed E-state index contributed by atoms with van der Waals surface area (Å²) in [5.74, 6) is -0.363. The van der Waals surface area contributed by atoms with Crippen LogP contribution < -0.4 is 9.62 Å². The summed E-state index contributed by atoms with van der Waals surface area (Å²) in [5, 5.41) is 19.8. The summed E-state index contributed by atoms with van der Waals surface area (Å²) in [6, 6.07) is 19.7. The van der Waals surface area contributed by atoms with Crippen LogP contribution >= 0.6 is 0 Å². The van der Waals surface area contributed by atoms with Gasteiger partial charge in [-0.1, -0.05) is 18.2 Å². The zero-order chi connectivity index (χ0) is 24.5. The average Bonchev–Trinajstić information content (AvgIpc) is 3.32. The normalized spacial score (nSPS) is 11.3. The van der Waals surface area contributed by atoms with E-state index in [0.717, 1.165) is 11.1 Å². The molecule has 0 saturated carbocycles. The molecule has 1 heterocycles. The predicted molar refractivity (Wildman–Crippen MR) is 132 cm³/mol. The van der Waals surface area contributed by atoms with Gasteiger partial charge in [-0.05, 0) is 79.6 Å². The van der Waals surface area contributed by atoms with Gasteiger partial charge in [0.2, 0.25) is 0 Å². The fourth-order valence-electron chi connectivity index (χ4n) is 3.43. The van der Waals surface area contributed by atoms with Gasteiger partial charge in [-0.3, -0.25) is 14.2 Å². The summed E-state index contributed by atoms with van der Waals surface area (Å²) in [6.07, 6.45) is 0. The molecule has 0 radical (unpaired) electrons. The summed E-state index contributed by atoms with van der Waals surface area (Å²) in [5.41, 5.74) is 4.09. The number of H-pyrrole nitrogens is 1. The van der Waals surface area contributed by atoms with Crippen molar-refractivity contribution in [1.29, 1.82) is 0 Å². The first-order valence-electron chi connectivity index (χ1n) is 10.5. The van der Waals surface area contributed by atoms with E-state index in [-0.39, 0.29) is 16.3 Å². The van der Waals surface area contributed by atoms with Gasteiger partial charge in [0.15, 0.2) is 0 Å². The number of aromatic hydroxyl groups is 1. The Morgan fingerprint density at radius 2 is 1.62 bits per heavy atom. The fourth-order valence-corrected chi connectivity index (χ4v) is 4.62. The number of amides is 1. The highest BCUT2D eigenvalue weighted by atomic mass is 32.2. The molecule has 4 rings (SSSR count). The number of nitrogens with one attached hydrogen (secondary N) is 2. The molecule has 8 nitrogen and oxygen atoms in total. The average molecular weight is 477 g/mol. The van der Waals surface area contributed by atoms with Gasteiger partial charge in [0.05, 0.1) is 16.3 Å². The summed E-state index contributed by atoms with van der Waals surface area (Å²) < 4.78 is 27.0. The zero-order valence-corrected chi connectivity index (χ0v) is 19.7. The van der Waals surface area contributed by atoms with E-state index in [1.165, 1.54) is 35.6 Å². The van der Waals surface area contributed by atoms with Gasteiger partial charge < -0.3 is 10.4 Å². The minimum absolute atomic E-state index is 0.0822. The highest BCUT2D eigenvalue weighted by molar-refractivity contribution is 7.92. The van der Waals surface area contributed by atoms with Gasteiger partial charge >= 0.3 is 0 Å². The van der Waals surface area contributed by atoms with Crippen LogP contribution in [0.5, 0.6) is 5.75 Å². The van der Waals surface area contributed by atoms with Crippen molar-refractivity contribution in [3.63, 3.8) is 0 Å². The van der Waals surface area contributed by atoms with Crippen LogP contribution in [0.15, 0.2) is 77.7 Å². The van der Waals surface area contributed by atoms with Crippen molar-refractivity contribution in [2.45, 2.75) is 18.7 Å². The van der Waals surface area contributed by atoms with E-state index in [4.69, 9.17) is 0 Å². The number of sulfonamides is 1. The van der Waals surface area contributed by atoms with E-state index < -0.39 is 15.9 Å². The van der Waals surface area contributed by atoms with Crippen molar-refractivity contribution >= 4 is 27.3 Å². The van der Waals surface area contributed by atoms with Gasteiger partial charge in [-0.2, -0.15) is 5.10 Å². The van der Waals surface area contributed by atoms with Crippen LogP contribution in [0.3, 0.4) is 0 Å². The maximum Gasteiger partial charge on any atom is 0.273 e. The summed E-state index contributed by atoms with van der Waals surface area (Å²) >= 11 is 0. The van der Waals surface area contributed by atoms with E-state index in [0.29, 0.717) is 22.6 Å². The topological polar surface area (TPSA) is 115 Å². The van der Waals surface area contributed by atoms with Gasteiger partial charge in [0.25, 0.3) is 15.9 Å². The maximum absolute atomic E-state index is 12.9. The van der Waals surface area contributed by atoms with Crippen molar-refractivity contribution in [1.82, 2.24) is 10.2 Å². The smallest absolute Gasteiger partial charge is 0.273 e. The van der Waals surface area contributed by atoms with Crippen LogP contribution in [-0.4, -0.2) is 36.7 Å². The first kappa shape index (κ1) is 23.1. The maximum atomic E-state index is 12.9. The van der Waals surface area contributed by atoms with Gasteiger partial charge in [-0.25, -0.2) is 8.42 Å². The lowest BCUT2D eigenvalue weighted by Crippen LogP contribution is -2.26. The highest BCUT2D eigenvalue weighted by Gasteiger charge is 2.21. The third kappa shape index (κ3) is 4.51. The molecule has 0 bridgehead atoms. The number of phenols is 1. The molecule has 3 N–H and O–H groups in total. The Morgan fingerprint density at radius 1 is 0.971 bits per heavy atom. The molecule has 1 aromatic heterocycles. The van der Waals surface area contributed by atoms with Crippen molar-refractivity contribution in [2.75, 3.05) is 16.7 Å².